The molecular weight excluding hydrogens is 256 g/mol. The molecule has 1 aliphatic rings. The molecule has 0 bridgehead atoms. The quantitative estimate of drug-likeness (QED) is 0.731. The lowest BCUT2D eigenvalue weighted by molar-refractivity contribution is -0.148. The zero-order valence-electron chi connectivity index (χ0n) is 13.0. The van der Waals surface area contributed by atoms with E-state index in [0.717, 1.165) is 32.1 Å². The maximum atomic E-state index is 12.5. The van der Waals surface area contributed by atoms with Gasteiger partial charge in [-0.1, -0.05) is 33.1 Å². The first-order valence-corrected chi connectivity index (χ1v) is 7.75. The van der Waals surface area contributed by atoms with E-state index >= 15 is 0 Å². The van der Waals surface area contributed by atoms with Crippen LogP contribution in [0.25, 0.3) is 0 Å². The summed E-state index contributed by atoms with van der Waals surface area (Å²) >= 11 is 0. The molecule has 1 atom stereocenters. The standard InChI is InChI=1S/C15H28N2O3/c1-4-6-7-11-16(3)14(20)17-12-8-10-15(17,9-5-2)13(18)19/h4-12H2,1-3H3,(H,18,19). The van der Waals surface area contributed by atoms with Crippen molar-refractivity contribution in [1.29, 1.82) is 0 Å². The number of carboxylic acid groups (broad SMARTS) is 1. The van der Waals surface area contributed by atoms with Gasteiger partial charge in [0, 0.05) is 20.1 Å². The fourth-order valence-electron chi connectivity index (χ4n) is 3.06. The molecule has 1 heterocycles. The summed E-state index contributed by atoms with van der Waals surface area (Å²) in [6.45, 7) is 5.35. The Kier molecular flexibility index (Phi) is 6.30. The Morgan fingerprint density at radius 3 is 2.50 bits per heavy atom. The first-order valence-electron chi connectivity index (χ1n) is 7.75. The van der Waals surface area contributed by atoms with Crippen molar-refractivity contribution < 1.29 is 14.7 Å². The van der Waals surface area contributed by atoms with Crippen LogP contribution in [-0.2, 0) is 4.79 Å². The van der Waals surface area contributed by atoms with Crippen LogP contribution in [0.4, 0.5) is 4.79 Å². The number of hydrogen-bond donors (Lipinski definition) is 1. The molecule has 1 fully saturated rings. The van der Waals surface area contributed by atoms with Gasteiger partial charge in [-0.2, -0.15) is 0 Å². The van der Waals surface area contributed by atoms with Crippen LogP contribution < -0.4 is 0 Å². The summed E-state index contributed by atoms with van der Waals surface area (Å²) in [6.07, 6.45) is 5.84. The number of carboxylic acids is 1. The molecule has 5 heteroatoms. The minimum absolute atomic E-state index is 0.130. The van der Waals surface area contributed by atoms with Crippen LogP contribution in [0, 0.1) is 0 Å². The molecule has 0 aliphatic carbocycles. The lowest BCUT2D eigenvalue weighted by Crippen LogP contribution is -2.56. The molecule has 0 radical (unpaired) electrons. The molecule has 116 valence electrons. The van der Waals surface area contributed by atoms with E-state index in [-0.39, 0.29) is 6.03 Å². The molecule has 1 saturated heterocycles. The smallest absolute Gasteiger partial charge is 0.329 e. The second-order valence-electron chi connectivity index (χ2n) is 5.75. The maximum absolute atomic E-state index is 12.5. The molecule has 20 heavy (non-hydrogen) atoms. The Hall–Kier alpha value is -1.26. The van der Waals surface area contributed by atoms with E-state index in [1.165, 1.54) is 0 Å². The van der Waals surface area contributed by atoms with E-state index in [4.69, 9.17) is 0 Å². The number of rotatable bonds is 7. The van der Waals surface area contributed by atoms with Crippen molar-refractivity contribution in [2.24, 2.45) is 0 Å². The van der Waals surface area contributed by atoms with Gasteiger partial charge in [0.25, 0.3) is 0 Å². The predicted octanol–water partition coefficient (Wildman–Crippen LogP) is 2.95. The zero-order chi connectivity index (χ0) is 15.2. The summed E-state index contributed by atoms with van der Waals surface area (Å²) in [5.74, 6) is -0.854. The van der Waals surface area contributed by atoms with Gasteiger partial charge in [0.05, 0.1) is 0 Å². The highest BCUT2D eigenvalue weighted by atomic mass is 16.4. The normalized spacial score (nSPS) is 22.1. The molecule has 0 aromatic rings. The summed E-state index contributed by atoms with van der Waals surface area (Å²) < 4.78 is 0. The van der Waals surface area contributed by atoms with Gasteiger partial charge in [-0.15, -0.1) is 0 Å². The van der Waals surface area contributed by atoms with Gasteiger partial charge in [0.2, 0.25) is 0 Å². The number of hydrogen-bond acceptors (Lipinski definition) is 2. The fraction of sp³-hybridized carbons (Fsp3) is 0.867. The van der Waals surface area contributed by atoms with Gasteiger partial charge in [-0.05, 0) is 25.7 Å². The van der Waals surface area contributed by atoms with Crippen molar-refractivity contribution in [2.75, 3.05) is 20.1 Å². The fourth-order valence-corrected chi connectivity index (χ4v) is 3.06. The second-order valence-corrected chi connectivity index (χ2v) is 5.75. The third-order valence-corrected chi connectivity index (χ3v) is 4.20. The van der Waals surface area contributed by atoms with Gasteiger partial charge in [0.1, 0.15) is 5.54 Å². The molecule has 5 nitrogen and oxygen atoms in total. The first kappa shape index (κ1) is 16.8. The van der Waals surface area contributed by atoms with E-state index in [9.17, 15) is 14.7 Å². The molecule has 1 aliphatic heterocycles. The highest BCUT2D eigenvalue weighted by Gasteiger charge is 2.49. The second kappa shape index (κ2) is 7.50. The van der Waals surface area contributed by atoms with Crippen molar-refractivity contribution in [3.05, 3.63) is 0 Å². The van der Waals surface area contributed by atoms with Gasteiger partial charge in [0.15, 0.2) is 0 Å². The first-order chi connectivity index (χ1) is 9.49. The van der Waals surface area contributed by atoms with Crippen molar-refractivity contribution in [3.8, 4) is 0 Å². The van der Waals surface area contributed by atoms with Gasteiger partial charge >= 0.3 is 12.0 Å². The summed E-state index contributed by atoms with van der Waals surface area (Å²) in [7, 11) is 1.77. The van der Waals surface area contributed by atoms with E-state index in [1.54, 1.807) is 16.8 Å². The van der Waals surface area contributed by atoms with Gasteiger partial charge in [-0.3, -0.25) is 0 Å². The number of carbonyl (C=O) groups is 2. The topological polar surface area (TPSA) is 60.9 Å². The number of carbonyl (C=O) groups excluding carboxylic acids is 1. The van der Waals surface area contributed by atoms with Crippen LogP contribution in [0.5, 0.6) is 0 Å². The number of urea groups is 1. The lowest BCUT2D eigenvalue weighted by atomic mass is 9.91. The minimum atomic E-state index is -0.981. The monoisotopic (exact) mass is 284 g/mol. The Balaban J connectivity index is 2.76. The Morgan fingerprint density at radius 1 is 1.25 bits per heavy atom. The lowest BCUT2D eigenvalue weighted by Gasteiger charge is -2.37. The van der Waals surface area contributed by atoms with Gasteiger partial charge < -0.3 is 14.9 Å². The summed E-state index contributed by atoms with van der Waals surface area (Å²) in [5, 5.41) is 9.60. The van der Waals surface area contributed by atoms with Crippen LogP contribution in [0.1, 0.15) is 58.8 Å². The van der Waals surface area contributed by atoms with E-state index in [1.807, 2.05) is 6.92 Å². The largest absolute Gasteiger partial charge is 0.479 e. The molecule has 1 N–H and O–H groups in total. The number of likely N-dealkylation sites (tertiary alicyclic amines) is 1. The molecule has 1 rings (SSSR count). The average Bonchev–Trinajstić information content (AvgIpc) is 2.83. The third-order valence-electron chi connectivity index (χ3n) is 4.20. The Morgan fingerprint density at radius 2 is 1.95 bits per heavy atom. The molecule has 1 unspecified atom stereocenters. The van der Waals surface area contributed by atoms with Crippen LogP contribution in [-0.4, -0.2) is 52.6 Å². The van der Waals surface area contributed by atoms with Crippen molar-refractivity contribution in [1.82, 2.24) is 9.80 Å². The molecule has 0 aromatic carbocycles. The highest BCUT2D eigenvalue weighted by molar-refractivity contribution is 5.87. The molecule has 2 amide bonds. The van der Waals surface area contributed by atoms with E-state index in [2.05, 4.69) is 6.92 Å². The number of unbranched alkanes of at least 4 members (excludes halogenated alkanes) is 2. The SMILES string of the molecule is CCCCCN(C)C(=O)N1CCCC1(CCC)C(=O)O. The zero-order valence-corrected chi connectivity index (χ0v) is 13.0. The number of amides is 2. The van der Waals surface area contributed by atoms with Crippen molar-refractivity contribution in [3.63, 3.8) is 0 Å². The predicted molar refractivity (Wildman–Crippen MR) is 78.8 cm³/mol. The Bertz CT molecular complexity index is 346. The summed E-state index contributed by atoms with van der Waals surface area (Å²) in [5.41, 5.74) is -0.981. The van der Waals surface area contributed by atoms with Crippen LogP contribution >= 0.6 is 0 Å². The highest BCUT2D eigenvalue weighted by Crippen LogP contribution is 2.34. The van der Waals surface area contributed by atoms with E-state index in [0.29, 0.717) is 25.9 Å². The Labute approximate surface area is 121 Å². The molecule has 0 saturated carbocycles. The maximum Gasteiger partial charge on any atom is 0.329 e. The summed E-state index contributed by atoms with van der Waals surface area (Å²) in [6, 6.07) is -0.130. The number of aliphatic carboxylic acids is 1. The average molecular weight is 284 g/mol. The molecule has 0 spiro atoms. The van der Waals surface area contributed by atoms with Crippen LogP contribution in [0.2, 0.25) is 0 Å². The van der Waals surface area contributed by atoms with Crippen LogP contribution in [0.15, 0.2) is 0 Å². The summed E-state index contributed by atoms with van der Waals surface area (Å²) in [4.78, 5) is 27.5. The molecule has 0 aromatic heterocycles. The number of nitrogens with zero attached hydrogens (tertiary/aromatic N) is 2. The third kappa shape index (κ3) is 3.44. The van der Waals surface area contributed by atoms with Crippen LogP contribution in [0.3, 0.4) is 0 Å². The van der Waals surface area contributed by atoms with E-state index < -0.39 is 11.5 Å². The van der Waals surface area contributed by atoms with Crippen molar-refractivity contribution >= 4 is 12.0 Å². The van der Waals surface area contributed by atoms with Crippen molar-refractivity contribution in [2.45, 2.75) is 64.3 Å². The van der Waals surface area contributed by atoms with Gasteiger partial charge in [-0.25, -0.2) is 9.59 Å². The molecular formula is C15H28N2O3. The minimum Gasteiger partial charge on any atom is -0.479 e.